The SMILES string of the molecule is CC(C)(C)OC(=O)N1CCC[C@H]1CC(=O)Nc1nn(C(c2ccccc2)(c2ccccc2)c2ccccc2)c2ccc(-c3c(Cl)cccc3Cl)cc12. The summed E-state index contributed by atoms with van der Waals surface area (Å²) in [6.45, 7) is 6.07. The summed E-state index contributed by atoms with van der Waals surface area (Å²) in [5.41, 5.74) is 3.67. The Morgan fingerprint density at radius 1 is 0.788 bits per heavy atom. The molecule has 7 nitrogen and oxygen atoms in total. The molecule has 1 fully saturated rings. The van der Waals surface area contributed by atoms with Crippen molar-refractivity contribution in [2.75, 3.05) is 11.9 Å². The van der Waals surface area contributed by atoms with Crippen molar-refractivity contribution in [2.45, 2.75) is 57.2 Å². The zero-order valence-electron chi connectivity index (χ0n) is 29.4. The van der Waals surface area contributed by atoms with E-state index in [0.29, 0.717) is 39.8 Å². The van der Waals surface area contributed by atoms with Gasteiger partial charge in [0, 0.05) is 40.0 Å². The number of ether oxygens (including phenoxy) is 1. The number of nitrogens with one attached hydrogen (secondary N) is 1. The van der Waals surface area contributed by atoms with Crippen LogP contribution in [0.4, 0.5) is 10.6 Å². The first-order chi connectivity index (χ1) is 25.1. The summed E-state index contributed by atoms with van der Waals surface area (Å²) in [4.78, 5) is 28.8. The Hall–Kier alpha value is -5.11. The number of halogens is 2. The first-order valence-electron chi connectivity index (χ1n) is 17.5. The maximum absolute atomic E-state index is 14.0. The number of likely N-dealkylation sites (tertiary alicyclic amines) is 1. The van der Waals surface area contributed by atoms with Crippen LogP contribution in [0.15, 0.2) is 127 Å². The predicted octanol–water partition coefficient (Wildman–Crippen LogP) is 10.6. The highest BCUT2D eigenvalue weighted by atomic mass is 35.5. The molecule has 1 N–H and O–H groups in total. The van der Waals surface area contributed by atoms with Crippen LogP contribution in [0.3, 0.4) is 0 Å². The second-order valence-electron chi connectivity index (χ2n) is 14.1. The Balaban J connectivity index is 1.41. The summed E-state index contributed by atoms with van der Waals surface area (Å²) in [7, 11) is 0. The summed E-state index contributed by atoms with van der Waals surface area (Å²) < 4.78 is 7.68. The quantitative estimate of drug-likeness (QED) is 0.158. The van der Waals surface area contributed by atoms with E-state index in [2.05, 4.69) is 41.7 Å². The van der Waals surface area contributed by atoms with E-state index < -0.39 is 17.2 Å². The normalized spacial score (nSPS) is 14.8. The van der Waals surface area contributed by atoms with E-state index in [1.807, 2.05) is 116 Å². The van der Waals surface area contributed by atoms with Crippen LogP contribution in [-0.4, -0.2) is 44.9 Å². The van der Waals surface area contributed by atoms with Gasteiger partial charge < -0.3 is 15.0 Å². The largest absolute Gasteiger partial charge is 0.444 e. The highest BCUT2D eigenvalue weighted by Gasteiger charge is 2.41. The van der Waals surface area contributed by atoms with Crippen molar-refractivity contribution in [2.24, 2.45) is 0 Å². The molecular formula is C43H40Cl2N4O3. The van der Waals surface area contributed by atoms with Gasteiger partial charge in [-0.1, -0.05) is 126 Å². The topological polar surface area (TPSA) is 76.5 Å². The summed E-state index contributed by atoms with van der Waals surface area (Å²) in [6.07, 6.45) is 1.20. The van der Waals surface area contributed by atoms with E-state index in [9.17, 15) is 9.59 Å². The number of fused-ring (bicyclic) bond motifs is 1. The first kappa shape index (κ1) is 35.3. The molecule has 0 radical (unpaired) electrons. The van der Waals surface area contributed by atoms with Crippen molar-refractivity contribution in [3.8, 4) is 11.1 Å². The van der Waals surface area contributed by atoms with Gasteiger partial charge in [-0.3, -0.25) is 4.79 Å². The van der Waals surface area contributed by atoms with Crippen LogP contribution < -0.4 is 5.32 Å². The number of aromatic nitrogens is 2. The third-order valence-corrected chi connectivity index (χ3v) is 10.1. The maximum Gasteiger partial charge on any atom is 0.410 e. The molecule has 52 heavy (non-hydrogen) atoms. The highest BCUT2D eigenvalue weighted by Crippen LogP contribution is 2.45. The summed E-state index contributed by atoms with van der Waals surface area (Å²) in [5, 5.41) is 10.2. The van der Waals surface area contributed by atoms with Gasteiger partial charge in [-0.25, -0.2) is 9.48 Å². The van der Waals surface area contributed by atoms with Gasteiger partial charge in [-0.15, -0.1) is 0 Å². The van der Waals surface area contributed by atoms with Gasteiger partial charge in [-0.2, -0.15) is 5.10 Å². The number of anilines is 1. The lowest BCUT2D eigenvalue weighted by Crippen LogP contribution is -2.41. The third-order valence-electron chi connectivity index (χ3n) is 9.51. The van der Waals surface area contributed by atoms with Gasteiger partial charge in [0.15, 0.2) is 5.82 Å². The van der Waals surface area contributed by atoms with Crippen molar-refractivity contribution in [1.29, 1.82) is 0 Å². The van der Waals surface area contributed by atoms with E-state index in [0.717, 1.165) is 34.2 Å². The Morgan fingerprint density at radius 3 is 1.88 bits per heavy atom. The number of nitrogens with zero attached hydrogens (tertiary/aromatic N) is 3. The lowest BCUT2D eigenvalue weighted by atomic mass is 9.77. The van der Waals surface area contributed by atoms with Crippen molar-refractivity contribution in [3.63, 3.8) is 0 Å². The van der Waals surface area contributed by atoms with Crippen LogP contribution in [0, 0.1) is 0 Å². The van der Waals surface area contributed by atoms with Crippen molar-refractivity contribution in [1.82, 2.24) is 14.7 Å². The zero-order chi connectivity index (χ0) is 36.5. The van der Waals surface area contributed by atoms with Gasteiger partial charge in [0.1, 0.15) is 11.1 Å². The molecule has 1 atom stereocenters. The zero-order valence-corrected chi connectivity index (χ0v) is 30.9. The standard InChI is InChI=1S/C43H40Cl2N4O3/c1-42(2,3)52-41(51)48-26-14-21-33(48)28-38(50)46-40-34-27-29(39-35(44)22-13-23-36(39)45)24-25-37(34)49(47-40)43(30-15-7-4-8-16-30,31-17-9-5-10-18-31)32-19-11-6-12-20-32/h4-13,15-20,22-25,27,33H,14,21,26,28H2,1-3H3,(H,46,47,50)/t33-/m0/s1. The fraction of sp³-hybridized carbons (Fsp3) is 0.233. The number of rotatable bonds is 8. The second kappa shape index (κ2) is 14.5. The predicted molar refractivity (Wildman–Crippen MR) is 209 cm³/mol. The molecule has 9 heteroatoms. The van der Waals surface area contributed by atoms with E-state index >= 15 is 0 Å². The molecule has 1 aliphatic rings. The maximum atomic E-state index is 14.0. The number of hydrogen-bond acceptors (Lipinski definition) is 4. The number of hydrogen-bond donors (Lipinski definition) is 1. The molecule has 0 aliphatic carbocycles. The van der Waals surface area contributed by atoms with Crippen molar-refractivity contribution in [3.05, 3.63) is 154 Å². The molecular weight excluding hydrogens is 691 g/mol. The Bertz CT molecular complexity index is 2100. The Labute approximate surface area is 314 Å². The van der Waals surface area contributed by atoms with Crippen LogP contribution in [0.25, 0.3) is 22.0 Å². The van der Waals surface area contributed by atoms with Crippen molar-refractivity contribution >= 4 is 51.9 Å². The van der Waals surface area contributed by atoms with Gasteiger partial charge in [0.05, 0.1) is 5.52 Å². The van der Waals surface area contributed by atoms with E-state index in [4.69, 9.17) is 33.0 Å². The smallest absolute Gasteiger partial charge is 0.410 e. The van der Waals surface area contributed by atoms with Gasteiger partial charge in [-0.05, 0) is 80.1 Å². The summed E-state index contributed by atoms with van der Waals surface area (Å²) >= 11 is 13.4. The minimum atomic E-state index is -0.937. The average molecular weight is 732 g/mol. The lowest BCUT2D eigenvalue weighted by molar-refractivity contribution is -0.117. The van der Waals surface area contributed by atoms with Crippen LogP contribution >= 0.6 is 23.2 Å². The van der Waals surface area contributed by atoms with E-state index in [1.54, 1.807) is 4.90 Å². The molecule has 0 spiro atoms. The number of carbonyl (C=O) groups is 2. The monoisotopic (exact) mass is 730 g/mol. The molecule has 7 rings (SSSR count). The molecule has 0 unspecified atom stereocenters. The molecule has 5 aromatic carbocycles. The second-order valence-corrected chi connectivity index (χ2v) is 14.9. The highest BCUT2D eigenvalue weighted by molar-refractivity contribution is 6.39. The van der Waals surface area contributed by atoms with E-state index in [-0.39, 0.29) is 18.4 Å². The molecule has 1 aliphatic heterocycles. The third kappa shape index (κ3) is 6.79. The molecule has 1 aromatic heterocycles. The lowest BCUT2D eigenvalue weighted by Gasteiger charge is -2.37. The van der Waals surface area contributed by atoms with Crippen LogP contribution in [0.1, 0.15) is 56.7 Å². The number of benzene rings is 5. The van der Waals surface area contributed by atoms with Gasteiger partial charge in [0.25, 0.3) is 0 Å². The van der Waals surface area contributed by atoms with Crippen LogP contribution in [0.2, 0.25) is 10.0 Å². The fourth-order valence-electron chi connectivity index (χ4n) is 7.31. The first-order valence-corrected chi connectivity index (χ1v) is 18.3. The molecule has 264 valence electrons. The van der Waals surface area contributed by atoms with Crippen LogP contribution in [-0.2, 0) is 15.1 Å². The minimum Gasteiger partial charge on any atom is -0.444 e. The molecule has 0 saturated carbocycles. The van der Waals surface area contributed by atoms with Crippen LogP contribution in [0.5, 0.6) is 0 Å². The molecule has 1 saturated heterocycles. The average Bonchev–Trinajstić information content (AvgIpc) is 3.74. The van der Waals surface area contributed by atoms with Crippen molar-refractivity contribution < 1.29 is 14.3 Å². The minimum absolute atomic E-state index is 0.102. The summed E-state index contributed by atoms with van der Waals surface area (Å²) in [6, 6.07) is 41.9. The summed E-state index contributed by atoms with van der Waals surface area (Å²) in [5.74, 6) is 0.136. The van der Waals surface area contributed by atoms with E-state index in [1.165, 1.54) is 0 Å². The molecule has 2 amide bonds. The Morgan fingerprint density at radius 2 is 1.35 bits per heavy atom. The fourth-order valence-corrected chi connectivity index (χ4v) is 7.92. The molecule has 0 bridgehead atoms. The molecule has 2 heterocycles. The van der Waals surface area contributed by atoms with Gasteiger partial charge in [0.2, 0.25) is 5.91 Å². The number of carbonyl (C=O) groups excluding carboxylic acids is 2. The van der Waals surface area contributed by atoms with Gasteiger partial charge >= 0.3 is 6.09 Å². The molecule has 6 aromatic rings. The number of amides is 2. The Kier molecular flexibility index (Phi) is 9.84.